The predicted molar refractivity (Wildman–Crippen MR) is 69.0 cm³/mol. The van der Waals surface area contributed by atoms with E-state index < -0.39 is 10.0 Å². The van der Waals surface area contributed by atoms with Crippen LogP contribution >= 0.6 is 11.6 Å². The molecule has 0 amide bonds. The minimum absolute atomic E-state index is 0.0394. The summed E-state index contributed by atoms with van der Waals surface area (Å²) in [6, 6.07) is 7.34. The van der Waals surface area contributed by atoms with E-state index in [0.717, 1.165) is 0 Å². The van der Waals surface area contributed by atoms with Crippen molar-refractivity contribution >= 4 is 27.6 Å². The number of nitrogens with one attached hydrogen (secondary N) is 1. The highest BCUT2D eigenvalue weighted by Crippen LogP contribution is 2.23. The summed E-state index contributed by atoms with van der Waals surface area (Å²) in [6.07, 6.45) is 2.82. The van der Waals surface area contributed by atoms with Gasteiger partial charge in [0.05, 0.1) is 16.7 Å². The summed E-state index contributed by atoms with van der Waals surface area (Å²) < 4.78 is 26.3. The van der Waals surface area contributed by atoms with E-state index >= 15 is 0 Å². The first kappa shape index (κ1) is 13.3. The van der Waals surface area contributed by atoms with Crippen molar-refractivity contribution in [1.82, 2.24) is 9.97 Å². The molecule has 19 heavy (non-hydrogen) atoms. The number of benzene rings is 1. The van der Waals surface area contributed by atoms with Crippen molar-refractivity contribution in [2.24, 2.45) is 0 Å². The van der Waals surface area contributed by atoms with Crippen LogP contribution in [0, 0.1) is 11.3 Å². The number of nitrogens with zero attached hydrogens (tertiary/aromatic N) is 3. The molecule has 0 aliphatic rings. The van der Waals surface area contributed by atoms with Gasteiger partial charge >= 0.3 is 0 Å². The molecule has 6 nitrogen and oxygen atoms in total. The van der Waals surface area contributed by atoms with Crippen LogP contribution in [0.25, 0.3) is 0 Å². The third-order valence-corrected chi connectivity index (χ3v) is 3.95. The third kappa shape index (κ3) is 2.99. The lowest BCUT2D eigenvalue weighted by atomic mass is 10.2. The van der Waals surface area contributed by atoms with Crippen LogP contribution in [0.4, 0.5) is 5.95 Å². The molecule has 0 bridgehead atoms. The van der Waals surface area contributed by atoms with E-state index in [0.29, 0.717) is 0 Å². The summed E-state index contributed by atoms with van der Waals surface area (Å²) in [5.74, 6) is -0.0528. The Morgan fingerprint density at radius 1 is 1.26 bits per heavy atom. The molecule has 0 atom stereocenters. The monoisotopic (exact) mass is 294 g/mol. The Balaban J connectivity index is 2.38. The van der Waals surface area contributed by atoms with Crippen molar-refractivity contribution in [3.8, 4) is 6.07 Å². The lowest BCUT2D eigenvalue weighted by Gasteiger charge is -2.07. The fourth-order valence-electron chi connectivity index (χ4n) is 1.32. The van der Waals surface area contributed by atoms with Gasteiger partial charge in [0.1, 0.15) is 4.90 Å². The fraction of sp³-hybridized carbons (Fsp3) is 0. The Morgan fingerprint density at radius 2 is 1.95 bits per heavy atom. The van der Waals surface area contributed by atoms with E-state index in [4.69, 9.17) is 16.9 Å². The van der Waals surface area contributed by atoms with Gasteiger partial charge in [0.15, 0.2) is 0 Å². The zero-order valence-corrected chi connectivity index (χ0v) is 11.0. The summed E-state index contributed by atoms with van der Waals surface area (Å²) >= 11 is 5.85. The van der Waals surface area contributed by atoms with Crippen LogP contribution in [0.5, 0.6) is 0 Å². The largest absolute Gasteiger partial charge is 0.265 e. The van der Waals surface area contributed by atoms with Gasteiger partial charge in [-0.15, -0.1) is 0 Å². The maximum atomic E-state index is 12.1. The molecule has 0 unspecified atom stereocenters. The zero-order valence-electron chi connectivity index (χ0n) is 9.41. The van der Waals surface area contributed by atoms with Crippen molar-refractivity contribution < 1.29 is 8.42 Å². The molecule has 2 aromatic rings. The van der Waals surface area contributed by atoms with Crippen molar-refractivity contribution in [2.75, 3.05) is 4.72 Å². The van der Waals surface area contributed by atoms with Crippen LogP contribution < -0.4 is 4.72 Å². The lowest BCUT2D eigenvalue weighted by Crippen LogP contribution is -2.15. The molecule has 1 aromatic heterocycles. The summed E-state index contributed by atoms with van der Waals surface area (Å²) in [4.78, 5) is 7.37. The molecule has 0 aliphatic carbocycles. The molecular formula is C11H7ClN4O2S. The normalized spacial score (nSPS) is 10.7. The van der Waals surface area contributed by atoms with Crippen molar-refractivity contribution in [1.29, 1.82) is 5.26 Å². The van der Waals surface area contributed by atoms with Gasteiger partial charge in [0.2, 0.25) is 5.95 Å². The summed E-state index contributed by atoms with van der Waals surface area (Å²) in [5, 5.41) is 8.66. The first-order valence-electron chi connectivity index (χ1n) is 5.02. The molecule has 96 valence electrons. The predicted octanol–water partition coefficient (Wildman–Crippen LogP) is 1.80. The highest BCUT2D eigenvalue weighted by Gasteiger charge is 2.19. The van der Waals surface area contributed by atoms with E-state index in [-0.39, 0.29) is 21.4 Å². The second-order valence-electron chi connectivity index (χ2n) is 3.43. The van der Waals surface area contributed by atoms with Crippen molar-refractivity contribution in [3.05, 3.63) is 47.2 Å². The first-order valence-corrected chi connectivity index (χ1v) is 6.88. The number of hydrogen-bond acceptors (Lipinski definition) is 5. The summed E-state index contributed by atoms with van der Waals surface area (Å²) in [5.41, 5.74) is 0.278. The van der Waals surface area contributed by atoms with Gasteiger partial charge in [-0.3, -0.25) is 0 Å². The van der Waals surface area contributed by atoms with Gasteiger partial charge in [-0.05, 0) is 24.3 Å². The fourth-order valence-corrected chi connectivity index (χ4v) is 2.82. The Morgan fingerprint density at radius 3 is 2.53 bits per heavy atom. The molecule has 0 aliphatic heterocycles. The Kier molecular flexibility index (Phi) is 3.64. The SMILES string of the molecule is N#Cc1ccc(S(=O)(=O)Nc2ncccn2)c(Cl)c1. The Bertz CT molecular complexity index is 741. The van der Waals surface area contributed by atoms with Gasteiger partial charge in [0.25, 0.3) is 10.0 Å². The van der Waals surface area contributed by atoms with Gasteiger partial charge in [-0.2, -0.15) is 5.26 Å². The number of hydrogen-bond donors (Lipinski definition) is 1. The lowest BCUT2D eigenvalue weighted by molar-refractivity contribution is 0.601. The molecule has 1 aromatic carbocycles. The number of rotatable bonds is 3. The Labute approximate surface area is 114 Å². The van der Waals surface area contributed by atoms with Gasteiger partial charge < -0.3 is 0 Å². The van der Waals surface area contributed by atoms with Crippen LogP contribution in [0.1, 0.15) is 5.56 Å². The van der Waals surface area contributed by atoms with Gasteiger partial charge in [-0.1, -0.05) is 11.6 Å². The average Bonchev–Trinajstić information content (AvgIpc) is 2.38. The van der Waals surface area contributed by atoms with Crippen LogP contribution in [0.2, 0.25) is 5.02 Å². The first-order chi connectivity index (χ1) is 9.03. The molecule has 0 saturated heterocycles. The number of nitriles is 1. The van der Waals surface area contributed by atoms with E-state index in [1.807, 2.05) is 6.07 Å². The smallest absolute Gasteiger partial charge is 0.247 e. The quantitative estimate of drug-likeness (QED) is 0.931. The van der Waals surface area contributed by atoms with Gasteiger partial charge in [-0.25, -0.2) is 23.1 Å². The van der Waals surface area contributed by atoms with Crippen molar-refractivity contribution in [3.63, 3.8) is 0 Å². The van der Waals surface area contributed by atoms with Crippen molar-refractivity contribution in [2.45, 2.75) is 4.90 Å². The maximum absolute atomic E-state index is 12.1. The van der Waals surface area contributed by atoms with E-state index in [1.54, 1.807) is 6.07 Å². The van der Waals surface area contributed by atoms with E-state index in [2.05, 4.69) is 14.7 Å². The number of anilines is 1. The third-order valence-electron chi connectivity index (χ3n) is 2.14. The molecule has 1 N–H and O–H groups in total. The molecule has 1 heterocycles. The maximum Gasteiger partial charge on any atom is 0.265 e. The zero-order chi connectivity index (χ0) is 13.9. The molecule has 0 saturated carbocycles. The second-order valence-corrected chi connectivity index (χ2v) is 5.49. The number of aromatic nitrogens is 2. The molecule has 0 radical (unpaired) electrons. The topological polar surface area (TPSA) is 95.7 Å². The molecule has 0 fully saturated rings. The summed E-state index contributed by atoms with van der Waals surface area (Å²) in [7, 11) is -3.89. The minimum atomic E-state index is -3.89. The summed E-state index contributed by atoms with van der Waals surface area (Å²) in [6.45, 7) is 0. The molecule has 0 spiro atoms. The molecule has 8 heteroatoms. The highest BCUT2D eigenvalue weighted by atomic mass is 35.5. The molecular weight excluding hydrogens is 288 g/mol. The minimum Gasteiger partial charge on any atom is -0.247 e. The Hall–Kier alpha value is -2.17. The average molecular weight is 295 g/mol. The van der Waals surface area contributed by atoms with E-state index in [1.165, 1.54) is 30.6 Å². The highest BCUT2D eigenvalue weighted by molar-refractivity contribution is 7.92. The van der Waals surface area contributed by atoms with Gasteiger partial charge in [0, 0.05) is 12.4 Å². The van der Waals surface area contributed by atoms with Crippen LogP contribution in [-0.2, 0) is 10.0 Å². The van der Waals surface area contributed by atoms with Crippen LogP contribution in [-0.4, -0.2) is 18.4 Å². The standard InChI is InChI=1S/C11H7ClN4O2S/c12-9-6-8(7-13)2-3-10(9)19(17,18)16-11-14-4-1-5-15-11/h1-6H,(H,14,15,16). The number of halogens is 1. The molecule has 2 rings (SSSR count). The number of sulfonamides is 1. The van der Waals surface area contributed by atoms with E-state index in [9.17, 15) is 8.42 Å². The van der Waals surface area contributed by atoms with Crippen LogP contribution in [0.3, 0.4) is 0 Å². The second kappa shape index (κ2) is 5.22. The van der Waals surface area contributed by atoms with Crippen LogP contribution in [0.15, 0.2) is 41.6 Å².